The number of rotatable bonds is 1. The molecule has 0 spiro atoms. The summed E-state index contributed by atoms with van der Waals surface area (Å²) in [6, 6.07) is -1.01. The first-order chi connectivity index (χ1) is 5.83. The third-order valence-electron chi connectivity index (χ3n) is 2.10. The fraction of sp³-hybridized carbons (Fsp3) is 0.714. The molecule has 0 aliphatic carbocycles. The van der Waals surface area contributed by atoms with E-state index in [1.807, 2.05) is 0 Å². The van der Waals surface area contributed by atoms with Gasteiger partial charge in [-0.3, -0.25) is 4.90 Å². The highest BCUT2D eigenvalue weighted by molar-refractivity contribution is 5.80. The largest absolute Gasteiger partial charge is 0.480 e. The lowest BCUT2D eigenvalue weighted by molar-refractivity contribution is -0.141. The van der Waals surface area contributed by atoms with Crippen LogP contribution in [0.25, 0.3) is 0 Å². The van der Waals surface area contributed by atoms with Crippen LogP contribution in [0.5, 0.6) is 0 Å². The molecular formula is C7H12N2O4. The van der Waals surface area contributed by atoms with Crippen LogP contribution >= 0.6 is 0 Å². The number of hydrogen-bond acceptors (Lipinski definition) is 3. The van der Waals surface area contributed by atoms with Gasteiger partial charge in [0.15, 0.2) is 0 Å². The first-order valence-corrected chi connectivity index (χ1v) is 3.85. The molecule has 2 atom stereocenters. The van der Waals surface area contributed by atoms with E-state index in [9.17, 15) is 9.59 Å². The van der Waals surface area contributed by atoms with E-state index in [0.29, 0.717) is 0 Å². The van der Waals surface area contributed by atoms with Crippen LogP contribution in [0.2, 0.25) is 0 Å². The molecule has 1 saturated heterocycles. The topological polar surface area (TPSA) is 104 Å². The number of nitrogens with zero attached hydrogens (tertiary/aromatic N) is 1. The molecule has 1 aliphatic rings. The van der Waals surface area contributed by atoms with Crippen LogP contribution in [0.3, 0.4) is 0 Å². The van der Waals surface area contributed by atoms with E-state index in [1.54, 1.807) is 6.92 Å². The smallest absolute Gasteiger partial charge is 0.408 e. The molecule has 1 fully saturated rings. The first kappa shape index (κ1) is 9.79. The van der Waals surface area contributed by atoms with E-state index >= 15 is 0 Å². The van der Waals surface area contributed by atoms with Gasteiger partial charge in [0, 0.05) is 12.1 Å². The molecule has 6 nitrogen and oxygen atoms in total. The van der Waals surface area contributed by atoms with E-state index in [4.69, 9.17) is 15.9 Å². The lowest BCUT2D eigenvalue weighted by Crippen LogP contribution is -2.41. The summed E-state index contributed by atoms with van der Waals surface area (Å²) in [5.74, 6) is -1.14. The van der Waals surface area contributed by atoms with Crippen molar-refractivity contribution in [1.82, 2.24) is 4.90 Å². The Morgan fingerprint density at radius 2 is 2.08 bits per heavy atom. The average Bonchev–Trinajstić information content (AvgIpc) is 2.26. The van der Waals surface area contributed by atoms with Crippen LogP contribution in [0.4, 0.5) is 4.79 Å². The van der Waals surface area contributed by atoms with Gasteiger partial charge in [0.1, 0.15) is 6.04 Å². The summed E-state index contributed by atoms with van der Waals surface area (Å²) in [4.78, 5) is 22.1. The van der Waals surface area contributed by atoms with Crippen LogP contribution in [0.15, 0.2) is 0 Å². The molecule has 1 heterocycles. The van der Waals surface area contributed by atoms with Gasteiger partial charge in [0.25, 0.3) is 0 Å². The minimum Gasteiger partial charge on any atom is -0.480 e. The summed E-state index contributed by atoms with van der Waals surface area (Å²) in [5, 5.41) is 17.4. The maximum Gasteiger partial charge on any atom is 0.408 e. The van der Waals surface area contributed by atoms with Crippen molar-refractivity contribution in [3.63, 3.8) is 0 Å². The summed E-state index contributed by atoms with van der Waals surface area (Å²) < 4.78 is 0. The zero-order valence-corrected chi connectivity index (χ0v) is 7.23. The predicted molar refractivity (Wildman–Crippen MR) is 43.4 cm³/mol. The Morgan fingerprint density at radius 3 is 2.38 bits per heavy atom. The monoisotopic (exact) mass is 188 g/mol. The molecule has 0 bridgehead atoms. The van der Waals surface area contributed by atoms with E-state index in [1.165, 1.54) is 0 Å². The Bertz CT molecular complexity index is 227. The number of nitrogens with two attached hydrogens (primary N) is 1. The quantitative estimate of drug-likeness (QED) is 0.516. The second kappa shape index (κ2) is 2.88. The lowest BCUT2D eigenvalue weighted by atomic mass is 10.0. The third-order valence-corrected chi connectivity index (χ3v) is 2.10. The van der Waals surface area contributed by atoms with E-state index in [2.05, 4.69) is 0 Å². The maximum atomic E-state index is 10.6. The average molecular weight is 188 g/mol. The van der Waals surface area contributed by atoms with Crippen molar-refractivity contribution in [2.75, 3.05) is 6.54 Å². The second-order valence-corrected chi connectivity index (χ2v) is 3.62. The SMILES string of the molecule is C[C@]1(N)C[C@@H](C(=O)O)N(C(=O)O)C1. The van der Waals surface area contributed by atoms with Gasteiger partial charge < -0.3 is 15.9 Å². The number of amides is 1. The standard InChI is InChI=1S/C7H12N2O4/c1-7(8)2-4(5(10)11)9(3-7)6(12)13/h4H,2-3,8H2,1H3,(H,10,11)(H,12,13)/t4-,7-/m0/s1. The van der Waals surface area contributed by atoms with Crippen molar-refractivity contribution in [2.24, 2.45) is 5.73 Å². The molecule has 4 N–H and O–H groups in total. The number of aliphatic carboxylic acids is 1. The summed E-state index contributed by atoms with van der Waals surface area (Å²) in [5.41, 5.74) is 4.93. The van der Waals surface area contributed by atoms with Crippen molar-refractivity contribution in [3.8, 4) is 0 Å². The van der Waals surface area contributed by atoms with Gasteiger partial charge in [-0.05, 0) is 13.3 Å². The Morgan fingerprint density at radius 1 is 1.54 bits per heavy atom. The van der Waals surface area contributed by atoms with Crippen molar-refractivity contribution >= 4 is 12.1 Å². The highest BCUT2D eigenvalue weighted by Crippen LogP contribution is 2.24. The molecule has 0 aromatic rings. The second-order valence-electron chi connectivity index (χ2n) is 3.62. The van der Waals surface area contributed by atoms with E-state index in [-0.39, 0.29) is 13.0 Å². The Hall–Kier alpha value is -1.30. The van der Waals surface area contributed by atoms with Crippen molar-refractivity contribution < 1.29 is 19.8 Å². The minimum absolute atomic E-state index is 0.0688. The van der Waals surface area contributed by atoms with E-state index in [0.717, 1.165) is 4.90 Å². The van der Waals surface area contributed by atoms with Gasteiger partial charge in [-0.15, -0.1) is 0 Å². The summed E-state index contributed by atoms with van der Waals surface area (Å²) in [7, 11) is 0. The molecule has 0 radical (unpaired) electrons. The third kappa shape index (κ3) is 1.89. The van der Waals surface area contributed by atoms with Crippen LogP contribution in [0.1, 0.15) is 13.3 Å². The molecule has 13 heavy (non-hydrogen) atoms. The van der Waals surface area contributed by atoms with Gasteiger partial charge in [-0.2, -0.15) is 0 Å². The molecule has 0 saturated carbocycles. The summed E-state index contributed by atoms with van der Waals surface area (Å²) >= 11 is 0. The van der Waals surface area contributed by atoms with Gasteiger partial charge >= 0.3 is 12.1 Å². The highest BCUT2D eigenvalue weighted by Gasteiger charge is 2.44. The molecule has 0 unspecified atom stereocenters. The van der Waals surface area contributed by atoms with Crippen LogP contribution in [-0.2, 0) is 4.79 Å². The number of carboxylic acids is 1. The molecule has 1 aliphatic heterocycles. The number of carbonyl (C=O) groups is 2. The molecule has 0 aromatic heterocycles. The maximum absolute atomic E-state index is 10.6. The molecule has 1 rings (SSSR count). The van der Waals surface area contributed by atoms with E-state index < -0.39 is 23.6 Å². The predicted octanol–water partition coefficient (Wildman–Crippen LogP) is -0.459. The number of hydrogen-bond donors (Lipinski definition) is 3. The fourth-order valence-corrected chi connectivity index (χ4v) is 1.54. The van der Waals surface area contributed by atoms with Crippen molar-refractivity contribution in [1.29, 1.82) is 0 Å². The minimum atomic E-state index is -1.23. The number of carboxylic acid groups (broad SMARTS) is 2. The Kier molecular flexibility index (Phi) is 2.17. The molecule has 74 valence electrons. The van der Waals surface area contributed by atoms with Crippen LogP contribution in [-0.4, -0.2) is 45.3 Å². The Labute approximate surface area is 74.9 Å². The van der Waals surface area contributed by atoms with Gasteiger partial charge in [0.05, 0.1) is 0 Å². The molecule has 1 amide bonds. The normalized spacial score (nSPS) is 33.4. The lowest BCUT2D eigenvalue weighted by Gasteiger charge is -2.17. The van der Waals surface area contributed by atoms with Gasteiger partial charge in [-0.25, -0.2) is 9.59 Å². The van der Waals surface area contributed by atoms with Crippen molar-refractivity contribution in [3.05, 3.63) is 0 Å². The Balaban J connectivity index is 2.83. The molecule has 6 heteroatoms. The van der Waals surface area contributed by atoms with Crippen LogP contribution < -0.4 is 5.73 Å². The number of likely N-dealkylation sites (tertiary alicyclic amines) is 1. The zero-order valence-electron chi connectivity index (χ0n) is 7.23. The fourth-order valence-electron chi connectivity index (χ4n) is 1.54. The van der Waals surface area contributed by atoms with Crippen LogP contribution in [0, 0.1) is 0 Å². The highest BCUT2D eigenvalue weighted by atomic mass is 16.4. The van der Waals surface area contributed by atoms with Gasteiger partial charge in [0.2, 0.25) is 0 Å². The molecular weight excluding hydrogens is 176 g/mol. The first-order valence-electron chi connectivity index (χ1n) is 3.85. The zero-order chi connectivity index (χ0) is 10.2. The van der Waals surface area contributed by atoms with Crippen molar-refractivity contribution in [2.45, 2.75) is 24.9 Å². The molecule has 0 aromatic carbocycles. The summed E-state index contributed by atoms with van der Waals surface area (Å²) in [6.07, 6.45) is -1.07. The summed E-state index contributed by atoms with van der Waals surface area (Å²) in [6.45, 7) is 1.71. The van der Waals surface area contributed by atoms with Gasteiger partial charge in [-0.1, -0.05) is 0 Å².